The number of methoxy groups -OCH3 is 1. The number of rotatable bonds is 6. The van der Waals surface area contributed by atoms with Crippen LogP contribution in [-0.4, -0.2) is 48.7 Å². The molecule has 0 radical (unpaired) electrons. The topological polar surface area (TPSA) is 106 Å². The molecule has 4 rings (SSSR count). The monoisotopic (exact) mass is 421 g/mol. The van der Waals surface area contributed by atoms with Gasteiger partial charge in [0.25, 0.3) is 0 Å². The Kier molecular flexibility index (Phi) is 5.53. The lowest BCUT2D eigenvalue weighted by atomic mass is 10.2. The number of aromatic nitrogens is 5. The molecule has 8 nitrogen and oxygen atoms in total. The third-order valence-corrected chi connectivity index (χ3v) is 5.54. The summed E-state index contributed by atoms with van der Waals surface area (Å²) in [5.74, 6) is 0.240. The molecule has 0 aliphatic carbocycles. The lowest BCUT2D eigenvalue weighted by Gasteiger charge is -2.07. The molecular formula is C21H19N5O3S. The highest BCUT2D eigenvalue weighted by Gasteiger charge is 2.23. The molecule has 0 aliphatic rings. The number of aliphatic hydroxyl groups is 1. The Labute approximate surface area is 176 Å². The van der Waals surface area contributed by atoms with Gasteiger partial charge in [0.05, 0.1) is 23.9 Å². The van der Waals surface area contributed by atoms with E-state index in [1.165, 1.54) is 18.9 Å². The molecule has 4 aromatic rings. The van der Waals surface area contributed by atoms with E-state index >= 15 is 0 Å². The minimum absolute atomic E-state index is 0.00773. The van der Waals surface area contributed by atoms with Crippen molar-refractivity contribution in [2.75, 3.05) is 12.9 Å². The lowest BCUT2D eigenvalue weighted by Crippen LogP contribution is -2.10. The molecule has 2 N–H and O–H groups in total. The molecule has 0 aliphatic heterocycles. The SMILES string of the molecule is COC(=O)/C(=C(/O)CSc1nnc(-c2ccccc2)n1C)c1nc2ccccc2[nH]1. The predicted molar refractivity (Wildman–Crippen MR) is 115 cm³/mol. The van der Waals surface area contributed by atoms with Gasteiger partial charge in [-0.3, -0.25) is 0 Å². The number of ether oxygens (including phenoxy) is 1. The van der Waals surface area contributed by atoms with E-state index < -0.39 is 5.97 Å². The van der Waals surface area contributed by atoms with Gasteiger partial charge in [-0.1, -0.05) is 54.2 Å². The minimum atomic E-state index is -0.671. The second kappa shape index (κ2) is 8.42. The summed E-state index contributed by atoms with van der Waals surface area (Å²) >= 11 is 1.26. The number of carbonyl (C=O) groups is 1. The van der Waals surface area contributed by atoms with Gasteiger partial charge in [-0.05, 0) is 12.1 Å². The van der Waals surface area contributed by atoms with E-state index in [1.807, 2.05) is 66.2 Å². The van der Waals surface area contributed by atoms with Crippen molar-refractivity contribution in [3.63, 3.8) is 0 Å². The molecule has 2 heterocycles. The third kappa shape index (κ3) is 3.79. The molecule has 0 bridgehead atoms. The van der Waals surface area contributed by atoms with Gasteiger partial charge in [-0.2, -0.15) is 0 Å². The van der Waals surface area contributed by atoms with Crippen LogP contribution < -0.4 is 0 Å². The smallest absolute Gasteiger partial charge is 0.345 e. The number of esters is 1. The van der Waals surface area contributed by atoms with Crippen LogP contribution in [0.3, 0.4) is 0 Å². The van der Waals surface area contributed by atoms with Crippen LogP contribution in [0.2, 0.25) is 0 Å². The van der Waals surface area contributed by atoms with Crippen LogP contribution in [0.4, 0.5) is 0 Å². The van der Waals surface area contributed by atoms with Crippen molar-refractivity contribution in [1.82, 2.24) is 24.7 Å². The number of carbonyl (C=O) groups excluding carboxylic acids is 1. The quantitative estimate of drug-likeness (QED) is 0.212. The number of benzene rings is 2. The Morgan fingerprint density at radius 1 is 1.13 bits per heavy atom. The number of nitrogens with zero attached hydrogens (tertiary/aromatic N) is 4. The number of H-pyrrole nitrogens is 1. The molecule has 2 aromatic heterocycles. The molecule has 9 heteroatoms. The van der Waals surface area contributed by atoms with E-state index in [2.05, 4.69) is 20.2 Å². The van der Waals surface area contributed by atoms with Gasteiger partial charge in [0.2, 0.25) is 0 Å². The maximum atomic E-state index is 12.4. The van der Waals surface area contributed by atoms with Crippen molar-refractivity contribution in [1.29, 1.82) is 0 Å². The van der Waals surface area contributed by atoms with E-state index in [9.17, 15) is 9.90 Å². The molecule has 2 aromatic carbocycles. The van der Waals surface area contributed by atoms with E-state index in [0.29, 0.717) is 16.5 Å². The first kappa shape index (κ1) is 19.7. The van der Waals surface area contributed by atoms with Gasteiger partial charge in [-0.15, -0.1) is 10.2 Å². The lowest BCUT2D eigenvalue weighted by molar-refractivity contribution is -0.133. The number of para-hydroxylation sites is 2. The number of hydrogen-bond donors (Lipinski definition) is 2. The van der Waals surface area contributed by atoms with Crippen LogP contribution >= 0.6 is 11.8 Å². The standard InChI is InChI=1S/C21H19N5O3S/c1-26-19(13-8-4-3-5-9-13)24-25-21(26)30-12-16(27)17(20(28)29-2)18-22-14-10-6-7-11-15(14)23-18/h3-11,27H,12H2,1-2H3,(H,22,23)/b17-16+. The Morgan fingerprint density at radius 3 is 2.60 bits per heavy atom. The molecule has 30 heavy (non-hydrogen) atoms. The number of nitrogens with one attached hydrogen (secondary N) is 1. The van der Waals surface area contributed by atoms with Crippen LogP contribution in [-0.2, 0) is 16.6 Å². The van der Waals surface area contributed by atoms with Gasteiger partial charge in [0.1, 0.15) is 17.2 Å². The van der Waals surface area contributed by atoms with Crippen LogP contribution in [0.5, 0.6) is 0 Å². The Bertz CT molecular complexity index is 1200. The number of imidazole rings is 1. The predicted octanol–water partition coefficient (Wildman–Crippen LogP) is 3.59. The fourth-order valence-corrected chi connectivity index (χ4v) is 3.80. The highest BCUT2D eigenvalue weighted by molar-refractivity contribution is 7.99. The third-order valence-electron chi connectivity index (χ3n) is 4.51. The number of hydrogen-bond acceptors (Lipinski definition) is 7. The summed E-state index contributed by atoms with van der Waals surface area (Å²) in [5, 5.41) is 19.7. The molecule has 152 valence electrons. The van der Waals surface area contributed by atoms with Gasteiger partial charge in [0.15, 0.2) is 11.0 Å². The molecule has 0 fully saturated rings. The first-order valence-corrected chi connectivity index (χ1v) is 10.1. The first-order valence-electron chi connectivity index (χ1n) is 9.11. The fraction of sp³-hybridized carbons (Fsp3) is 0.143. The Morgan fingerprint density at radius 2 is 1.87 bits per heavy atom. The summed E-state index contributed by atoms with van der Waals surface area (Å²) in [6, 6.07) is 17.1. The zero-order chi connectivity index (χ0) is 21.1. The minimum Gasteiger partial charge on any atom is -0.510 e. The Balaban J connectivity index is 1.62. The summed E-state index contributed by atoms with van der Waals surface area (Å²) in [6.07, 6.45) is 0. The fourth-order valence-electron chi connectivity index (χ4n) is 3.01. The van der Waals surface area contributed by atoms with E-state index in [1.54, 1.807) is 0 Å². The van der Waals surface area contributed by atoms with Crippen molar-refractivity contribution in [3.05, 3.63) is 66.2 Å². The van der Waals surface area contributed by atoms with Crippen LogP contribution in [0, 0.1) is 0 Å². The largest absolute Gasteiger partial charge is 0.510 e. The summed E-state index contributed by atoms with van der Waals surface area (Å²) < 4.78 is 6.70. The first-order chi connectivity index (χ1) is 14.6. The molecule has 0 amide bonds. The molecular weight excluding hydrogens is 402 g/mol. The number of aliphatic hydroxyl groups excluding tert-OH is 1. The van der Waals surface area contributed by atoms with Crippen molar-refractivity contribution >= 4 is 34.3 Å². The average Bonchev–Trinajstić information content (AvgIpc) is 3.36. The zero-order valence-electron chi connectivity index (χ0n) is 16.4. The van der Waals surface area contributed by atoms with Gasteiger partial charge in [-0.25, -0.2) is 9.78 Å². The second-order valence-corrected chi connectivity index (χ2v) is 7.38. The summed E-state index contributed by atoms with van der Waals surface area (Å²) in [4.78, 5) is 19.8. The van der Waals surface area contributed by atoms with Crippen molar-refractivity contribution in [2.45, 2.75) is 5.16 Å². The van der Waals surface area contributed by atoms with Crippen molar-refractivity contribution in [2.24, 2.45) is 7.05 Å². The summed E-state index contributed by atoms with van der Waals surface area (Å²) in [5.41, 5.74) is 2.38. The number of fused-ring (bicyclic) bond motifs is 1. The number of aromatic amines is 1. The second-order valence-electron chi connectivity index (χ2n) is 6.44. The summed E-state index contributed by atoms with van der Waals surface area (Å²) in [6.45, 7) is 0. The van der Waals surface area contributed by atoms with Crippen molar-refractivity contribution < 1.29 is 14.6 Å². The van der Waals surface area contributed by atoms with Crippen molar-refractivity contribution in [3.8, 4) is 11.4 Å². The normalized spacial score (nSPS) is 12.1. The number of thioether (sulfide) groups is 1. The van der Waals surface area contributed by atoms with Gasteiger partial charge < -0.3 is 19.4 Å². The highest BCUT2D eigenvalue weighted by atomic mass is 32.2. The zero-order valence-corrected chi connectivity index (χ0v) is 17.2. The van der Waals surface area contributed by atoms with Gasteiger partial charge >= 0.3 is 5.97 Å². The van der Waals surface area contributed by atoms with E-state index in [4.69, 9.17) is 4.74 Å². The maximum absolute atomic E-state index is 12.4. The molecule has 0 spiro atoms. The Hall–Kier alpha value is -3.59. The van der Waals surface area contributed by atoms with Crippen LogP contribution in [0.15, 0.2) is 65.5 Å². The van der Waals surface area contributed by atoms with Crippen LogP contribution in [0.1, 0.15) is 5.82 Å². The van der Waals surface area contributed by atoms with E-state index in [-0.39, 0.29) is 22.9 Å². The highest BCUT2D eigenvalue weighted by Crippen LogP contribution is 2.27. The molecule has 0 atom stereocenters. The molecule has 0 saturated heterocycles. The average molecular weight is 421 g/mol. The molecule has 0 saturated carbocycles. The molecule has 0 unspecified atom stereocenters. The maximum Gasteiger partial charge on any atom is 0.345 e. The summed E-state index contributed by atoms with van der Waals surface area (Å²) in [7, 11) is 3.12. The van der Waals surface area contributed by atoms with Crippen LogP contribution in [0.25, 0.3) is 28.0 Å². The van der Waals surface area contributed by atoms with Gasteiger partial charge in [0, 0.05) is 12.6 Å². The van der Waals surface area contributed by atoms with E-state index in [0.717, 1.165) is 11.1 Å².